The van der Waals surface area contributed by atoms with Gasteiger partial charge in [0.05, 0.1) is 13.2 Å². The van der Waals surface area contributed by atoms with Crippen LogP contribution in [0.15, 0.2) is 49.6 Å². The van der Waals surface area contributed by atoms with E-state index in [9.17, 15) is 9.59 Å². The summed E-state index contributed by atoms with van der Waals surface area (Å²) in [5, 5.41) is 3.18. The zero-order valence-corrected chi connectivity index (χ0v) is 21.1. The number of benzene rings is 1. The first kappa shape index (κ1) is 27.6. The van der Waals surface area contributed by atoms with Gasteiger partial charge < -0.3 is 29.2 Å². The molecule has 11 nitrogen and oxygen atoms in total. The molecule has 196 valence electrons. The molecule has 2 amide bonds. The number of ether oxygens (including phenoxy) is 4. The van der Waals surface area contributed by atoms with Crippen molar-refractivity contribution < 1.29 is 28.5 Å². The molecule has 2 heterocycles. The Morgan fingerprint density at radius 3 is 2.41 bits per heavy atom. The van der Waals surface area contributed by atoms with Crippen LogP contribution in [-0.2, 0) is 14.3 Å². The summed E-state index contributed by atoms with van der Waals surface area (Å²) < 4.78 is 22.2. The molecular weight excluding hydrogens is 502 g/mol. The number of rotatable bonds is 12. The average Bonchev–Trinajstić information content (AvgIpc) is 2.88. The molecule has 0 saturated carbocycles. The lowest BCUT2D eigenvalue weighted by Crippen LogP contribution is -2.47. The number of nitrogens with one attached hydrogen (secondary N) is 1. The van der Waals surface area contributed by atoms with E-state index in [4.69, 9.17) is 30.5 Å². The third kappa shape index (κ3) is 8.89. The van der Waals surface area contributed by atoms with Gasteiger partial charge in [-0.2, -0.15) is 0 Å². The van der Waals surface area contributed by atoms with Crippen molar-refractivity contribution in [3.63, 3.8) is 0 Å². The monoisotopic (exact) mass is 529 g/mol. The first-order chi connectivity index (χ1) is 17.9. The van der Waals surface area contributed by atoms with Gasteiger partial charge in [-0.3, -0.25) is 9.59 Å². The molecule has 3 rings (SSSR count). The van der Waals surface area contributed by atoms with E-state index in [1.807, 2.05) is 0 Å². The Balaban J connectivity index is 1.61. The minimum absolute atomic E-state index is 0.00619. The maximum absolute atomic E-state index is 12.8. The molecule has 0 spiro atoms. The minimum Gasteiger partial charge on any atom is -0.460 e. The fourth-order valence-electron chi connectivity index (χ4n) is 3.21. The van der Waals surface area contributed by atoms with Crippen LogP contribution in [0.1, 0.15) is 12.5 Å². The number of nitrogens with zero attached hydrogens (tertiary/aromatic N) is 4. The lowest BCUT2D eigenvalue weighted by atomic mass is 10.1. The van der Waals surface area contributed by atoms with E-state index in [0.29, 0.717) is 36.0 Å². The van der Waals surface area contributed by atoms with Crippen LogP contribution in [-0.4, -0.2) is 77.3 Å². The summed E-state index contributed by atoms with van der Waals surface area (Å²) in [7, 11) is 0. The number of carbonyl (C=O) groups excluding carboxylic acids is 2. The van der Waals surface area contributed by atoms with Gasteiger partial charge >= 0.3 is 18.0 Å². The highest BCUT2D eigenvalue weighted by Gasteiger charge is 2.24. The largest absolute Gasteiger partial charge is 0.460 e. The van der Waals surface area contributed by atoms with Gasteiger partial charge in [-0.15, -0.1) is 15.0 Å². The van der Waals surface area contributed by atoms with Gasteiger partial charge in [0, 0.05) is 30.3 Å². The van der Waals surface area contributed by atoms with Gasteiger partial charge in [0.2, 0.25) is 11.8 Å². The zero-order chi connectivity index (χ0) is 26.6. The highest BCUT2D eigenvalue weighted by molar-refractivity contribution is 6.31. The van der Waals surface area contributed by atoms with Crippen LogP contribution in [0, 0.1) is 0 Å². The first-order valence-corrected chi connectivity index (χ1v) is 11.8. The van der Waals surface area contributed by atoms with E-state index in [0.717, 1.165) is 0 Å². The second-order valence-electron chi connectivity index (χ2n) is 7.72. The smallest absolute Gasteiger partial charge is 0.326 e. The van der Waals surface area contributed by atoms with Crippen LogP contribution >= 0.6 is 11.6 Å². The highest BCUT2D eigenvalue weighted by Crippen LogP contribution is 2.23. The van der Waals surface area contributed by atoms with Gasteiger partial charge in [-0.1, -0.05) is 43.0 Å². The van der Waals surface area contributed by atoms with Crippen LogP contribution in [0.4, 0.5) is 5.69 Å². The summed E-state index contributed by atoms with van der Waals surface area (Å²) in [5.41, 5.74) is 1.17. The summed E-state index contributed by atoms with van der Waals surface area (Å²) in [4.78, 5) is 38.2. The number of halogens is 1. The number of morpholine rings is 1. The maximum atomic E-state index is 12.8. The van der Waals surface area contributed by atoms with E-state index < -0.39 is 6.10 Å². The van der Waals surface area contributed by atoms with Gasteiger partial charge in [0.15, 0.2) is 0 Å². The molecule has 0 bridgehead atoms. The first-order valence-electron chi connectivity index (χ1n) is 11.4. The Morgan fingerprint density at radius 1 is 1.14 bits per heavy atom. The molecule has 1 unspecified atom stereocenters. The Hall–Kier alpha value is -3.96. The predicted molar refractivity (Wildman–Crippen MR) is 138 cm³/mol. The Bertz CT molecular complexity index is 1130. The van der Waals surface area contributed by atoms with Gasteiger partial charge in [0.25, 0.3) is 0 Å². The van der Waals surface area contributed by atoms with Crippen molar-refractivity contribution in [2.45, 2.75) is 13.0 Å². The number of aromatic nitrogens is 3. The van der Waals surface area contributed by atoms with Crippen LogP contribution in [0.5, 0.6) is 18.0 Å². The van der Waals surface area contributed by atoms with E-state index in [1.165, 1.54) is 13.0 Å². The highest BCUT2D eigenvalue weighted by atomic mass is 35.5. The molecule has 1 aliphatic rings. The number of amides is 2. The molecule has 1 atom stereocenters. The maximum Gasteiger partial charge on any atom is 0.326 e. The fourth-order valence-corrected chi connectivity index (χ4v) is 3.38. The minimum atomic E-state index is -0.413. The molecule has 1 aromatic carbocycles. The molecule has 1 aromatic heterocycles. The van der Waals surface area contributed by atoms with Crippen molar-refractivity contribution in [3.8, 4) is 18.0 Å². The summed E-state index contributed by atoms with van der Waals surface area (Å²) >= 11 is 6.03. The third-order valence-corrected chi connectivity index (χ3v) is 5.05. The summed E-state index contributed by atoms with van der Waals surface area (Å²) in [6, 6.07) is 5.07. The van der Waals surface area contributed by atoms with Gasteiger partial charge in [-0.05, 0) is 23.8 Å². The van der Waals surface area contributed by atoms with Crippen molar-refractivity contribution in [2.75, 3.05) is 44.8 Å². The number of anilines is 1. The second-order valence-corrected chi connectivity index (χ2v) is 8.15. The molecule has 1 fully saturated rings. The summed E-state index contributed by atoms with van der Waals surface area (Å²) in [5.74, 6) is -0.450. The molecule has 1 N–H and O–H groups in total. The van der Waals surface area contributed by atoms with Crippen LogP contribution in [0.2, 0.25) is 5.02 Å². The quantitative estimate of drug-likeness (QED) is 0.326. The van der Waals surface area contributed by atoms with E-state index in [2.05, 4.69) is 33.4 Å². The molecule has 12 heteroatoms. The van der Waals surface area contributed by atoms with Crippen molar-refractivity contribution in [3.05, 3.63) is 60.2 Å². The molecular formula is C25H28ClN5O6. The zero-order valence-electron chi connectivity index (χ0n) is 20.4. The third-order valence-electron chi connectivity index (χ3n) is 4.81. The standard InChI is InChI=1S/C25H28ClN5O6/c1-4-11-35-23-28-24(36-12-5-2)30-25(29-23)37-16-20-15-31(10-13-34-20)22(33)9-7-18-6-8-19(26)14-21(18)27-17(3)32/h4-9,14,20H,1-2,10-13,15-16H2,3H3,(H,27,32)/b9-7+. The van der Waals surface area contributed by atoms with Crippen molar-refractivity contribution >= 4 is 35.2 Å². The van der Waals surface area contributed by atoms with Crippen molar-refractivity contribution in [2.24, 2.45) is 0 Å². The molecule has 0 aliphatic carbocycles. The number of hydrogen-bond acceptors (Lipinski definition) is 9. The normalized spacial score (nSPS) is 15.2. The number of hydrogen-bond donors (Lipinski definition) is 1. The summed E-state index contributed by atoms with van der Waals surface area (Å²) in [6.07, 6.45) is 5.76. The SMILES string of the molecule is C=CCOc1nc(OCC=C)nc(OCC2CN(C(=O)/C=C/c3ccc(Cl)cc3NC(C)=O)CCO2)n1. The van der Waals surface area contributed by atoms with Crippen molar-refractivity contribution in [1.29, 1.82) is 0 Å². The Morgan fingerprint density at radius 2 is 1.78 bits per heavy atom. The fraction of sp³-hybridized carbons (Fsp3) is 0.320. The van der Waals surface area contributed by atoms with E-state index in [-0.39, 0.29) is 49.7 Å². The van der Waals surface area contributed by atoms with E-state index >= 15 is 0 Å². The molecule has 37 heavy (non-hydrogen) atoms. The second kappa shape index (κ2) is 14.0. The molecule has 0 radical (unpaired) electrons. The molecule has 2 aromatic rings. The molecule has 1 aliphatic heterocycles. The van der Waals surface area contributed by atoms with E-state index in [1.54, 1.807) is 41.3 Å². The van der Waals surface area contributed by atoms with Gasteiger partial charge in [-0.25, -0.2) is 0 Å². The number of carbonyl (C=O) groups is 2. The Labute approximate surface area is 219 Å². The van der Waals surface area contributed by atoms with Crippen LogP contribution in [0.3, 0.4) is 0 Å². The van der Waals surface area contributed by atoms with Crippen LogP contribution < -0.4 is 19.5 Å². The van der Waals surface area contributed by atoms with Gasteiger partial charge in [0.1, 0.15) is 25.9 Å². The predicted octanol–water partition coefficient (Wildman–Crippen LogP) is 2.93. The van der Waals surface area contributed by atoms with Crippen LogP contribution in [0.25, 0.3) is 6.08 Å². The Kier molecular flexibility index (Phi) is 10.4. The summed E-state index contributed by atoms with van der Waals surface area (Å²) in [6.45, 7) is 10.1. The average molecular weight is 530 g/mol. The van der Waals surface area contributed by atoms with Crippen molar-refractivity contribution in [1.82, 2.24) is 19.9 Å². The lowest BCUT2D eigenvalue weighted by Gasteiger charge is -2.32. The molecule has 1 saturated heterocycles. The topological polar surface area (TPSA) is 125 Å². The lowest BCUT2D eigenvalue weighted by molar-refractivity contribution is -0.134.